The average Bonchev–Trinajstić information content (AvgIpc) is 1.54. The molecule has 144 heavy (non-hydrogen) atoms. The van der Waals surface area contributed by atoms with Crippen LogP contribution in [0.15, 0.2) is 436 Å². The Labute approximate surface area is 818 Å². The second-order valence-corrected chi connectivity index (χ2v) is 38.9. The number of benzene rings is 21. The van der Waals surface area contributed by atoms with E-state index in [2.05, 4.69) is 378 Å². The first kappa shape index (κ1) is 77.7. The summed E-state index contributed by atoms with van der Waals surface area (Å²) in [6.07, 6.45) is 0. The molecule has 664 valence electrons. The Morgan fingerprint density at radius 2 is 0.521 bits per heavy atom. The van der Waals surface area contributed by atoms with Gasteiger partial charge in [0.1, 0.15) is 61.7 Å². The fourth-order valence-corrected chi connectivity index (χ4v) is 25.7. The topological polar surface area (TPSA) is 145 Å². The zero-order valence-electron chi connectivity index (χ0n) is 76.4. The minimum absolute atomic E-state index is 0.753. The molecule has 13 nitrogen and oxygen atoms in total. The molecule has 14 heteroatoms. The molecule has 0 atom stereocenters. The number of furan rings is 4. The minimum Gasteiger partial charge on any atom is -0.456 e. The summed E-state index contributed by atoms with van der Waals surface area (Å²) < 4.78 is 35.8. The summed E-state index contributed by atoms with van der Waals surface area (Å²) in [5.41, 5.74) is 24.1. The van der Waals surface area contributed by atoms with E-state index in [9.17, 15) is 0 Å². The molecule has 0 amide bonds. The lowest BCUT2D eigenvalue weighted by Crippen LogP contribution is -2.04. The summed E-state index contributed by atoms with van der Waals surface area (Å²) in [4.78, 5) is 32.6. The van der Waals surface area contributed by atoms with E-state index >= 15 is 0 Å². The van der Waals surface area contributed by atoms with Crippen LogP contribution in [0.2, 0.25) is 0 Å². The Morgan fingerprint density at radius 1 is 0.181 bits per heavy atom. The molecule has 24 aromatic carbocycles. The molecule has 0 aliphatic carbocycles. The molecule has 35 rings (SSSR count). The number of hydrogen-bond acceptors (Lipinski definition) is 11. The quantitative estimate of drug-likeness (QED) is 0.148. The SMILES string of the molecule is c1ccc(-c2nc3ccc4ccccc4c3nc2-n2c3cccc4c5ccccc5c5cccc6oc7ccc2c(c7c65)c43)cc1.c1ccc2nc(-n3c4cccc5c6ccccc6c6cccc7oc8ccc3c(c8c76)c54)c(-c3cccc4c3oc3ccccc34)nc2c1.c1ccc2nc(-n3c4cccc5c6ccccc6c6cccc7oc8ccc3c(c8c76)c54)c(-c3cccc4c3sc3ccccc34)nc2c1. The van der Waals surface area contributed by atoms with Crippen LogP contribution in [0.25, 0.3) is 333 Å². The van der Waals surface area contributed by atoms with Crippen LogP contribution < -0.4 is 0 Å². The second kappa shape index (κ2) is 29.2. The van der Waals surface area contributed by atoms with Gasteiger partial charge in [0.05, 0.1) is 66.2 Å². The third kappa shape index (κ3) is 10.7. The molecule has 0 spiro atoms. The number of fused-ring (bicyclic) bond motifs is 20. The van der Waals surface area contributed by atoms with Crippen LogP contribution in [0.3, 0.4) is 0 Å². The first-order chi connectivity index (χ1) is 71.5. The monoisotopic (exact) mass is 1850 g/mol. The summed E-state index contributed by atoms with van der Waals surface area (Å²) in [7, 11) is 0. The Morgan fingerprint density at radius 3 is 1.01 bits per heavy atom. The van der Waals surface area contributed by atoms with Crippen LogP contribution in [0.4, 0.5) is 0 Å². The Hall–Kier alpha value is -19.3. The maximum atomic E-state index is 6.60. The van der Waals surface area contributed by atoms with Crippen molar-refractivity contribution in [2.75, 3.05) is 0 Å². The van der Waals surface area contributed by atoms with E-state index in [1.165, 1.54) is 112 Å². The molecule has 0 N–H and O–H groups in total. The highest BCUT2D eigenvalue weighted by atomic mass is 32.1. The third-order valence-corrected chi connectivity index (χ3v) is 31.6. The maximum Gasteiger partial charge on any atom is 0.165 e. The molecule has 35 aromatic rings. The zero-order chi connectivity index (χ0) is 93.5. The number of hydrogen-bond donors (Lipinski definition) is 0. The van der Waals surface area contributed by atoms with Crippen LogP contribution >= 0.6 is 11.3 Å². The van der Waals surface area contributed by atoms with Crippen molar-refractivity contribution in [2.45, 2.75) is 0 Å². The molecule has 0 saturated heterocycles. The van der Waals surface area contributed by atoms with Gasteiger partial charge in [0.2, 0.25) is 0 Å². The van der Waals surface area contributed by atoms with Crippen molar-refractivity contribution in [3.8, 4) is 51.2 Å². The highest BCUT2D eigenvalue weighted by Gasteiger charge is 2.33. The normalized spacial score (nSPS) is 12.4. The predicted molar refractivity (Wildman–Crippen MR) is 596 cm³/mol. The van der Waals surface area contributed by atoms with Crippen LogP contribution in [0.1, 0.15) is 0 Å². The van der Waals surface area contributed by atoms with Crippen molar-refractivity contribution in [3.05, 3.63) is 419 Å². The van der Waals surface area contributed by atoms with Gasteiger partial charge in [-0.3, -0.25) is 13.7 Å². The van der Waals surface area contributed by atoms with Gasteiger partial charge in [0, 0.05) is 118 Å². The van der Waals surface area contributed by atoms with Gasteiger partial charge in [-0.2, -0.15) is 0 Å². The first-order valence-electron chi connectivity index (χ1n) is 48.6. The molecule has 0 bridgehead atoms. The molecule has 0 aliphatic heterocycles. The van der Waals surface area contributed by atoms with Gasteiger partial charge >= 0.3 is 0 Å². The lowest BCUT2D eigenvalue weighted by molar-refractivity contribution is 0.669. The van der Waals surface area contributed by atoms with Gasteiger partial charge in [-0.1, -0.05) is 297 Å². The van der Waals surface area contributed by atoms with E-state index in [0.717, 1.165) is 221 Å². The fraction of sp³-hybridized carbons (Fsp3) is 0. The second-order valence-electron chi connectivity index (χ2n) is 37.8. The molecular weight excluding hydrogens is 1780 g/mol. The summed E-state index contributed by atoms with van der Waals surface area (Å²) in [6, 6.07) is 148. The zero-order valence-corrected chi connectivity index (χ0v) is 77.2. The lowest BCUT2D eigenvalue weighted by atomic mass is 9.95. The van der Waals surface area contributed by atoms with Crippen LogP contribution in [-0.2, 0) is 0 Å². The predicted octanol–water partition coefficient (Wildman–Crippen LogP) is 35.5. The minimum atomic E-state index is 0.753. The van der Waals surface area contributed by atoms with E-state index in [0.29, 0.717) is 0 Å². The standard InChI is InChI=1S/C44H23N3O2.C44H23N3OS.C42H23N3O/c1-2-11-25-24(10-1)27-13-8-19-33-38(27)40-34(22-23-37-41(40)39-28(25)14-9-21-36(39)48-37)47(33)44-42(45-31-17-4-5-18-32(31)46-44)30-16-7-15-29-26-12-3-6-20-35(26)49-43(29)30;1-2-11-25-24(10-1)27-13-8-19-33-38(27)40-34(22-23-36-41(40)39-28(25)14-9-20-35(39)48-36)47(33)44-42(45-31-17-4-5-18-32(31)46-44)30-16-7-15-29-26-12-3-6-21-37(26)49-43(29)30;1-2-11-25(12-3-1)40-42(44-41-26-13-5-4-10-24(26)20-21-31(41)43-40)45-32-18-8-16-29-27-14-6-7-15-28(27)30-17-9-19-34-37(30)39-35(46-34)23-22-33(45)38(39)36(29)32/h2*1-23H;1-23H. The molecule has 0 saturated carbocycles. The lowest BCUT2D eigenvalue weighted by Gasteiger charge is -2.14. The van der Waals surface area contributed by atoms with Gasteiger partial charge in [-0.25, -0.2) is 29.9 Å². The van der Waals surface area contributed by atoms with Crippen molar-refractivity contribution in [1.82, 2.24) is 43.6 Å². The van der Waals surface area contributed by atoms with Crippen LogP contribution in [0.5, 0.6) is 0 Å². The molecule has 11 aromatic heterocycles. The van der Waals surface area contributed by atoms with E-state index < -0.39 is 0 Å². The number of para-hydroxylation sites is 6. The average molecular weight is 1850 g/mol. The number of aromatic nitrogens is 9. The van der Waals surface area contributed by atoms with Gasteiger partial charge in [0.25, 0.3) is 0 Å². The van der Waals surface area contributed by atoms with Gasteiger partial charge in [0.15, 0.2) is 17.5 Å². The van der Waals surface area contributed by atoms with Gasteiger partial charge in [-0.05, 0) is 191 Å². The molecule has 0 aliphatic rings. The van der Waals surface area contributed by atoms with Gasteiger partial charge in [-0.15, -0.1) is 11.3 Å². The van der Waals surface area contributed by atoms with Crippen molar-refractivity contribution in [3.63, 3.8) is 0 Å². The maximum absolute atomic E-state index is 6.60. The Balaban J connectivity index is 0.0000000950. The Kier molecular flexibility index (Phi) is 15.7. The number of rotatable bonds is 6. The van der Waals surface area contributed by atoms with E-state index in [4.69, 9.17) is 47.6 Å². The number of nitrogens with zero attached hydrogens (tertiary/aromatic N) is 9. The van der Waals surface area contributed by atoms with E-state index in [1.54, 1.807) is 0 Å². The van der Waals surface area contributed by atoms with Crippen molar-refractivity contribution in [2.24, 2.45) is 0 Å². The highest BCUT2D eigenvalue weighted by Crippen LogP contribution is 2.55. The Bertz CT molecular complexity index is 11400. The van der Waals surface area contributed by atoms with E-state index in [1.807, 2.05) is 65.9 Å². The summed E-state index contributed by atoms with van der Waals surface area (Å²) in [6.45, 7) is 0. The van der Waals surface area contributed by atoms with Crippen molar-refractivity contribution < 1.29 is 17.7 Å². The highest BCUT2D eigenvalue weighted by molar-refractivity contribution is 7.26. The molecular formula is C130H69N9O4S. The molecule has 11 heterocycles. The summed E-state index contributed by atoms with van der Waals surface area (Å²) in [5, 5.41) is 35.2. The van der Waals surface area contributed by atoms with Crippen molar-refractivity contribution >= 4 is 293 Å². The van der Waals surface area contributed by atoms with Crippen LogP contribution in [0, 0.1) is 0 Å². The summed E-state index contributed by atoms with van der Waals surface area (Å²) >= 11 is 1.82. The van der Waals surface area contributed by atoms with E-state index in [-0.39, 0.29) is 0 Å². The number of thiophene rings is 1. The third-order valence-electron chi connectivity index (χ3n) is 30.4. The molecule has 0 radical (unpaired) electrons. The molecule has 0 fully saturated rings. The largest absolute Gasteiger partial charge is 0.456 e. The smallest absolute Gasteiger partial charge is 0.165 e. The van der Waals surface area contributed by atoms with Gasteiger partial charge < -0.3 is 17.7 Å². The molecule has 0 unspecified atom stereocenters. The van der Waals surface area contributed by atoms with Crippen molar-refractivity contribution in [1.29, 1.82) is 0 Å². The summed E-state index contributed by atoms with van der Waals surface area (Å²) in [5.74, 6) is 2.39. The van der Waals surface area contributed by atoms with Crippen LogP contribution in [-0.4, -0.2) is 43.6 Å². The first-order valence-corrected chi connectivity index (χ1v) is 49.4. The fourth-order valence-electron chi connectivity index (χ4n) is 24.5.